The van der Waals surface area contributed by atoms with Crippen LogP contribution in [0.15, 0.2) is 56.2 Å². The van der Waals surface area contributed by atoms with Gasteiger partial charge in [-0.05, 0) is 29.8 Å². The number of halogens is 1. The summed E-state index contributed by atoms with van der Waals surface area (Å²) in [4.78, 5) is 12.1. The number of benzene rings is 2. The molecule has 2 aromatic carbocycles. The minimum Gasteiger partial charge on any atom is -0.497 e. The number of hydrogen-bond acceptors (Lipinski definition) is 9. The molecule has 31 heavy (non-hydrogen) atoms. The number of rotatable bonds is 10. The molecule has 0 aliphatic carbocycles. The first kappa shape index (κ1) is 23.4. The Kier molecular flexibility index (Phi) is 9.01. The maximum atomic E-state index is 12.1. The Bertz CT molecular complexity index is 1060. The molecule has 0 saturated heterocycles. The maximum Gasteiger partial charge on any atom is 0.250 e. The predicted octanol–water partition coefficient (Wildman–Crippen LogP) is 4.74. The van der Waals surface area contributed by atoms with E-state index in [4.69, 9.17) is 21.1 Å². The molecule has 1 aromatic heterocycles. The summed E-state index contributed by atoms with van der Waals surface area (Å²) in [6.07, 6.45) is 1.51. The summed E-state index contributed by atoms with van der Waals surface area (Å²) in [6.45, 7) is 0. The van der Waals surface area contributed by atoms with E-state index < -0.39 is 0 Å². The molecule has 0 unspecified atom stereocenters. The number of ether oxygens (including phenoxy) is 2. The number of hydrazone groups is 1. The van der Waals surface area contributed by atoms with Crippen LogP contribution in [0.4, 0.5) is 0 Å². The second-order valence-electron chi connectivity index (χ2n) is 5.90. The van der Waals surface area contributed by atoms with E-state index >= 15 is 0 Å². The normalized spacial score (nSPS) is 10.9. The molecular formula is C20H19ClN4O3S3. The number of amides is 1. The average molecular weight is 495 g/mol. The van der Waals surface area contributed by atoms with Crippen LogP contribution in [0.3, 0.4) is 0 Å². The highest BCUT2D eigenvalue weighted by Gasteiger charge is 2.10. The molecule has 0 bridgehead atoms. The number of hydrogen-bond donors (Lipinski definition) is 1. The first-order valence-electron chi connectivity index (χ1n) is 8.95. The fourth-order valence-electron chi connectivity index (χ4n) is 2.34. The SMILES string of the molecule is COc1ccc(OC)c(/C=N/NC(=O)CSc2nnc(SCc3ccccc3Cl)s2)c1. The Morgan fingerprint density at radius 2 is 1.94 bits per heavy atom. The van der Waals surface area contributed by atoms with Gasteiger partial charge < -0.3 is 9.47 Å². The molecule has 0 spiro atoms. The second kappa shape index (κ2) is 11.9. The lowest BCUT2D eigenvalue weighted by atomic mass is 10.2. The predicted molar refractivity (Wildman–Crippen MR) is 127 cm³/mol. The first-order chi connectivity index (χ1) is 15.1. The minimum atomic E-state index is -0.247. The van der Waals surface area contributed by atoms with Crippen molar-refractivity contribution in [1.29, 1.82) is 0 Å². The number of nitrogens with zero attached hydrogens (tertiary/aromatic N) is 3. The van der Waals surface area contributed by atoms with Gasteiger partial charge in [0, 0.05) is 16.3 Å². The third-order valence-electron chi connectivity index (χ3n) is 3.85. The molecule has 11 heteroatoms. The quantitative estimate of drug-likeness (QED) is 0.247. The molecule has 162 valence electrons. The van der Waals surface area contributed by atoms with Crippen molar-refractivity contribution >= 4 is 58.6 Å². The van der Waals surface area contributed by atoms with Crippen molar-refractivity contribution in [2.75, 3.05) is 20.0 Å². The van der Waals surface area contributed by atoms with E-state index in [0.717, 1.165) is 19.3 Å². The van der Waals surface area contributed by atoms with Gasteiger partial charge in [-0.15, -0.1) is 10.2 Å². The van der Waals surface area contributed by atoms with Crippen molar-refractivity contribution < 1.29 is 14.3 Å². The Balaban J connectivity index is 1.46. The van der Waals surface area contributed by atoms with Gasteiger partial charge in [0.15, 0.2) is 8.68 Å². The van der Waals surface area contributed by atoms with E-state index in [0.29, 0.717) is 22.8 Å². The number of carbonyl (C=O) groups excluding carboxylic acids is 1. The number of aromatic nitrogens is 2. The highest BCUT2D eigenvalue weighted by atomic mass is 35.5. The zero-order chi connectivity index (χ0) is 22.1. The molecule has 0 fully saturated rings. The van der Waals surface area contributed by atoms with Gasteiger partial charge in [0.2, 0.25) is 0 Å². The molecule has 1 heterocycles. The standard InChI is InChI=1S/C20H19ClN4O3S3/c1-27-15-7-8-17(28-2)14(9-15)10-22-23-18(26)12-30-20-25-24-19(31-20)29-11-13-5-3-4-6-16(13)21/h3-10H,11-12H2,1-2H3,(H,23,26)/b22-10+. The van der Waals surface area contributed by atoms with Gasteiger partial charge >= 0.3 is 0 Å². The zero-order valence-electron chi connectivity index (χ0n) is 16.7. The van der Waals surface area contributed by atoms with Gasteiger partial charge in [0.25, 0.3) is 5.91 Å². The lowest BCUT2D eigenvalue weighted by Crippen LogP contribution is -2.19. The van der Waals surface area contributed by atoms with Crippen LogP contribution in [0.1, 0.15) is 11.1 Å². The lowest BCUT2D eigenvalue weighted by Gasteiger charge is -2.06. The summed E-state index contributed by atoms with van der Waals surface area (Å²) >= 11 is 10.5. The van der Waals surface area contributed by atoms with E-state index in [1.807, 2.05) is 24.3 Å². The maximum absolute atomic E-state index is 12.1. The summed E-state index contributed by atoms with van der Waals surface area (Å²) < 4.78 is 12.0. The molecule has 0 radical (unpaired) electrons. The molecule has 7 nitrogen and oxygen atoms in total. The molecule has 0 aliphatic rings. The average Bonchev–Trinajstić information content (AvgIpc) is 3.25. The smallest absolute Gasteiger partial charge is 0.250 e. The largest absolute Gasteiger partial charge is 0.497 e. The van der Waals surface area contributed by atoms with Crippen LogP contribution < -0.4 is 14.9 Å². The third kappa shape index (κ3) is 7.13. The fourth-order valence-corrected chi connectivity index (χ4v) is 5.44. The van der Waals surface area contributed by atoms with E-state index in [1.165, 1.54) is 29.3 Å². The Morgan fingerprint density at radius 1 is 1.16 bits per heavy atom. The summed E-state index contributed by atoms with van der Waals surface area (Å²) in [6, 6.07) is 13.0. The highest BCUT2D eigenvalue weighted by Crippen LogP contribution is 2.32. The van der Waals surface area contributed by atoms with Crippen molar-refractivity contribution in [2.45, 2.75) is 14.4 Å². The summed E-state index contributed by atoms with van der Waals surface area (Å²) in [5, 5.41) is 13.0. The van der Waals surface area contributed by atoms with Crippen molar-refractivity contribution in [3.63, 3.8) is 0 Å². The van der Waals surface area contributed by atoms with Crippen LogP contribution in [-0.4, -0.2) is 42.3 Å². The summed E-state index contributed by atoms with van der Waals surface area (Å²) in [5.41, 5.74) is 4.24. The van der Waals surface area contributed by atoms with Crippen molar-refractivity contribution in [3.8, 4) is 11.5 Å². The highest BCUT2D eigenvalue weighted by molar-refractivity contribution is 8.03. The van der Waals surface area contributed by atoms with E-state index in [-0.39, 0.29) is 11.7 Å². The first-order valence-corrected chi connectivity index (χ1v) is 12.1. The summed E-state index contributed by atoms with van der Waals surface area (Å²) in [7, 11) is 3.15. The van der Waals surface area contributed by atoms with Gasteiger partial charge in [-0.25, -0.2) is 5.43 Å². The molecular weight excluding hydrogens is 476 g/mol. The van der Waals surface area contributed by atoms with E-state index in [1.54, 1.807) is 44.2 Å². The number of carbonyl (C=O) groups is 1. The lowest BCUT2D eigenvalue weighted by molar-refractivity contribution is -0.118. The Morgan fingerprint density at radius 3 is 2.68 bits per heavy atom. The van der Waals surface area contributed by atoms with Gasteiger partial charge in [-0.3, -0.25) is 4.79 Å². The second-order valence-corrected chi connectivity index (χ2v) is 9.73. The Hall–Kier alpha value is -2.27. The van der Waals surface area contributed by atoms with Crippen molar-refractivity contribution in [1.82, 2.24) is 15.6 Å². The molecule has 1 N–H and O–H groups in total. The topological polar surface area (TPSA) is 85.7 Å². The fraction of sp³-hybridized carbons (Fsp3) is 0.200. The van der Waals surface area contributed by atoms with Gasteiger partial charge in [0.05, 0.1) is 26.2 Å². The number of methoxy groups -OCH3 is 2. The van der Waals surface area contributed by atoms with Crippen LogP contribution in [-0.2, 0) is 10.5 Å². The van der Waals surface area contributed by atoms with Crippen molar-refractivity contribution in [3.05, 3.63) is 58.6 Å². The third-order valence-corrected chi connectivity index (χ3v) is 7.46. The monoisotopic (exact) mass is 494 g/mol. The van der Waals surface area contributed by atoms with Crippen LogP contribution in [0, 0.1) is 0 Å². The van der Waals surface area contributed by atoms with Crippen molar-refractivity contribution in [2.24, 2.45) is 5.10 Å². The van der Waals surface area contributed by atoms with Gasteiger partial charge in [-0.2, -0.15) is 5.10 Å². The van der Waals surface area contributed by atoms with E-state index in [2.05, 4.69) is 20.7 Å². The number of nitrogens with one attached hydrogen (secondary N) is 1. The molecule has 3 aromatic rings. The van der Waals surface area contributed by atoms with Crippen LogP contribution >= 0.6 is 46.5 Å². The molecule has 1 amide bonds. The summed E-state index contributed by atoms with van der Waals surface area (Å²) in [5.74, 6) is 1.94. The van der Waals surface area contributed by atoms with Crippen LogP contribution in [0.2, 0.25) is 5.02 Å². The molecule has 0 saturated carbocycles. The Labute approximate surface area is 197 Å². The molecule has 0 aliphatic heterocycles. The van der Waals surface area contributed by atoms with Crippen LogP contribution in [0.25, 0.3) is 0 Å². The van der Waals surface area contributed by atoms with Crippen LogP contribution in [0.5, 0.6) is 11.5 Å². The minimum absolute atomic E-state index is 0.177. The zero-order valence-corrected chi connectivity index (χ0v) is 19.9. The number of thioether (sulfide) groups is 2. The van der Waals surface area contributed by atoms with E-state index in [9.17, 15) is 4.79 Å². The van der Waals surface area contributed by atoms with Gasteiger partial charge in [-0.1, -0.05) is 64.7 Å². The van der Waals surface area contributed by atoms with Gasteiger partial charge in [0.1, 0.15) is 11.5 Å². The molecule has 3 rings (SSSR count). The molecule has 0 atom stereocenters.